The van der Waals surface area contributed by atoms with Gasteiger partial charge in [-0.1, -0.05) is 6.07 Å². The van der Waals surface area contributed by atoms with Gasteiger partial charge in [-0.3, -0.25) is 4.79 Å². The molecule has 10 atom stereocenters. The Morgan fingerprint density at radius 1 is 0.778 bits per heavy atom. The highest BCUT2D eigenvalue weighted by atomic mass is 16.7. The molecule has 18 heteroatoms. The summed E-state index contributed by atoms with van der Waals surface area (Å²) in [6.45, 7) is 0.753. The lowest BCUT2D eigenvalue weighted by Gasteiger charge is -2.45. The van der Waals surface area contributed by atoms with Crippen molar-refractivity contribution in [3.8, 4) is 45.8 Å². The molecule has 54 heavy (non-hydrogen) atoms. The van der Waals surface area contributed by atoms with E-state index in [2.05, 4.69) is 0 Å². The summed E-state index contributed by atoms with van der Waals surface area (Å²) in [6.07, 6.45) is -14.5. The molecular formula is C36H36O18. The predicted molar refractivity (Wildman–Crippen MR) is 181 cm³/mol. The van der Waals surface area contributed by atoms with Gasteiger partial charge in [0.25, 0.3) is 0 Å². The van der Waals surface area contributed by atoms with Crippen molar-refractivity contribution in [3.05, 3.63) is 76.5 Å². The van der Waals surface area contributed by atoms with Crippen LogP contribution in [0.5, 0.6) is 34.5 Å². The van der Waals surface area contributed by atoms with Gasteiger partial charge in [0, 0.05) is 23.8 Å². The molecule has 6 rings (SSSR count). The van der Waals surface area contributed by atoms with Gasteiger partial charge >= 0.3 is 5.97 Å². The fraction of sp³-hybridized carbons (Fsp3) is 0.333. The number of rotatable bonds is 9. The van der Waals surface area contributed by atoms with Gasteiger partial charge in [0.1, 0.15) is 77.6 Å². The van der Waals surface area contributed by atoms with Gasteiger partial charge < -0.3 is 79.2 Å². The highest BCUT2D eigenvalue weighted by Crippen LogP contribution is 2.37. The molecule has 0 saturated carbocycles. The minimum atomic E-state index is -1.93. The third kappa shape index (κ3) is 7.77. The second-order valence-electron chi connectivity index (χ2n) is 12.6. The maximum absolute atomic E-state index is 13.0. The predicted octanol–water partition coefficient (Wildman–Crippen LogP) is 0.283. The van der Waals surface area contributed by atoms with E-state index in [-0.39, 0.29) is 34.2 Å². The van der Waals surface area contributed by atoms with Gasteiger partial charge in [0.2, 0.25) is 17.5 Å². The zero-order valence-corrected chi connectivity index (χ0v) is 28.1. The molecular weight excluding hydrogens is 720 g/mol. The Kier molecular flexibility index (Phi) is 11.0. The summed E-state index contributed by atoms with van der Waals surface area (Å²) in [6, 6.07) is 11.3. The van der Waals surface area contributed by atoms with E-state index in [1.165, 1.54) is 61.5 Å². The first-order valence-corrected chi connectivity index (χ1v) is 16.3. The molecule has 0 aliphatic carbocycles. The maximum atomic E-state index is 13.0. The van der Waals surface area contributed by atoms with Crippen LogP contribution in [-0.2, 0) is 23.7 Å². The lowest BCUT2D eigenvalue weighted by atomic mass is 9.97. The average molecular weight is 757 g/mol. The summed E-state index contributed by atoms with van der Waals surface area (Å²) in [5.41, 5.74) is -0.647. The van der Waals surface area contributed by atoms with Crippen molar-refractivity contribution < 1.29 is 84.0 Å². The van der Waals surface area contributed by atoms with Crippen LogP contribution < -0.4 is 10.2 Å². The quantitative estimate of drug-likeness (QED) is 0.0623. The zero-order valence-electron chi connectivity index (χ0n) is 28.1. The summed E-state index contributed by atoms with van der Waals surface area (Å²) in [4.78, 5) is 25.3. The Labute approximate surface area is 304 Å². The molecule has 0 bridgehead atoms. The molecule has 0 unspecified atom stereocenters. The molecule has 0 amide bonds. The van der Waals surface area contributed by atoms with E-state index in [4.69, 9.17) is 28.1 Å². The number of carbonyl (C=O) groups is 1. The van der Waals surface area contributed by atoms with Gasteiger partial charge in [-0.15, -0.1) is 0 Å². The lowest BCUT2D eigenvalue weighted by Crippen LogP contribution is -2.64. The van der Waals surface area contributed by atoms with Gasteiger partial charge in [-0.2, -0.15) is 0 Å². The number of hydrogen-bond donors (Lipinski definition) is 10. The highest BCUT2D eigenvalue weighted by Gasteiger charge is 2.51. The first-order chi connectivity index (χ1) is 25.6. The SMILES string of the molecule is C[C@H]1O[C@H](Oc2cc(O)c3c(=O)c(O)c(-c4ccc(O)cc4)oc3c2)[C@@H](O)[C@H](O[C@@H]2O[C@H](COC(=O)/C=C/c3ccc(O)c(O)c3)[C@@H](O)[C@H](O)[C@H]2O)[C@H]1O. The van der Waals surface area contributed by atoms with Crippen molar-refractivity contribution >= 4 is 23.0 Å². The van der Waals surface area contributed by atoms with E-state index in [0.717, 1.165) is 12.1 Å². The zero-order chi connectivity index (χ0) is 39.0. The smallest absolute Gasteiger partial charge is 0.330 e. The number of esters is 1. The number of benzene rings is 3. The summed E-state index contributed by atoms with van der Waals surface area (Å²) in [5.74, 6) is -3.73. The number of ether oxygens (including phenoxy) is 5. The molecule has 2 aliphatic rings. The normalized spacial score (nSPS) is 28.6. The molecule has 2 saturated heterocycles. The van der Waals surface area contributed by atoms with Crippen molar-refractivity contribution in [1.29, 1.82) is 0 Å². The van der Waals surface area contributed by atoms with Crippen molar-refractivity contribution in [3.63, 3.8) is 0 Å². The van der Waals surface area contributed by atoms with Crippen LogP contribution in [0.4, 0.5) is 0 Å². The molecule has 288 valence electrons. The Morgan fingerprint density at radius 3 is 2.20 bits per heavy atom. The number of carbonyl (C=O) groups excluding carboxylic acids is 1. The summed E-state index contributed by atoms with van der Waals surface area (Å²) >= 11 is 0. The second-order valence-corrected chi connectivity index (χ2v) is 12.6. The molecule has 0 spiro atoms. The number of aliphatic hydroxyl groups excluding tert-OH is 5. The number of phenols is 4. The largest absolute Gasteiger partial charge is 0.508 e. The van der Waals surface area contributed by atoms with Crippen LogP contribution in [0.15, 0.2) is 69.9 Å². The van der Waals surface area contributed by atoms with Crippen molar-refractivity contribution in [2.24, 2.45) is 0 Å². The standard InChI is InChI=1S/C36H36O18/c1-14-26(42)34(54-35-31(47)29(45)27(43)23(53-35)13-49-24(41)9-3-15-2-8-19(38)20(39)10-15)32(48)36(50-14)51-18-11-21(40)25-22(12-18)52-33(30(46)28(25)44)16-4-6-17(37)7-5-16/h2-12,14,23,26-27,29,31-32,34-40,42-43,45-48H,13H2,1H3/b9-3+/t14-,23-,26+,27-,29+,31-,32+,34-,35+,36-/m1/s1. The van der Waals surface area contributed by atoms with E-state index < -0.39 is 102 Å². The number of phenolic OH excluding ortho intramolecular Hbond substituents is 4. The van der Waals surface area contributed by atoms with Gasteiger partial charge in [0.15, 0.2) is 23.5 Å². The van der Waals surface area contributed by atoms with E-state index in [9.17, 15) is 60.7 Å². The molecule has 3 aromatic carbocycles. The Balaban J connectivity index is 1.16. The second kappa shape index (κ2) is 15.5. The first kappa shape index (κ1) is 38.3. The summed E-state index contributed by atoms with van der Waals surface area (Å²) in [7, 11) is 0. The van der Waals surface area contributed by atoms with Crippen molar-refractivity contribution in [2.45, 2.75) is 68.3 Å². The van der Waals surface area contributed by atoms with Gasteiger partial charge in [-0.05, 0) is 55.0 Å². The number of aliphatic hydroxyl groups is 5. The topological polar surface area (TPSA) is 296 Å². The number of aromatic hydroxyl groups is 5. The minimum Gasteiger partial charge on any atom is -0.508 e. The molecule has 18 nitrogen and oxygen atoms in total. The van der Waals surface area contributed by atoms with E-state index >= 15 is 0 Å². The van der Waals surface area contributed by atoms with E-state index in [1.807, 2.05) is 0 Å². The Bertz CT molecular complexity index is 2080. The fourth-order valence-corrected chi connectivity index (χ4v) is 5.87. The number of hydrogen-bond acceptors (Lipinski definition) is 18. The fourth-order valence-electron chi connectivity index (χ4n) is 5.87. The van der Waals surface area contributed by atoms with E-state index in [1.54, 1.807) is 0 Å². The molecule has 10 N–H and O–H groups in total. The third-order valence-corrected chi connectivity index (χ3v) is 8.85. The van der Waals surface area contributed by atoms with E-state index in [0.29, 0.717) is 5.56 Å². The molecule has 0 radical (unpaired) electrons. The molecule has 2 aliphatic heterocycles. The van der Waals surface area contributed by atoms with Crippen LogP contribution in [0.1, 0.15) is 12.5 Å². The summed E-state index contributed by atoms with van der Waals surface area (Å²) in [5, 5.41) is 103. The van der Waals surface area contributed by atoms with Crippen LogP contribution in [0, 0.1) is 0 Å². The van der Waals surface area contributed by atoms with Crippen LogP contribution in [0.2, 0.25) is 0 Å². The van der Waals surface area contributed by atoms with Crippen LogP contribution in [-0.4, -0.2) is 125 Å². The maximum Gasteiger partial charge on any atom is 0.330 e. The van der Waals surface area contributed by atoms with Crippen LogP contribution in [0.25, 0.3) is 28.4 Å². The van der Waals surface area contributed by atoms with Crippen molar-refractivity contribution in [2.75, 3.05) is 6.61 Å². The number of fused-ring (bicyclic) bond motifs is 1. The van der Waals surface area contributed by atoms with Crippen LogP contribution >= 0.6 is 0 Å². The highest BCUT2D eigenvalue weighted by molar-refractivity contribution is 5.88. The third-order valence-electron chi connectivity index (χ3n) is 8.85. The Morgan fingerprint density at radius 2 is 1.50 bits per heavy atom. The van der Waals surface area contributed by atoms with Gasteiger partial charge in [0.05, 0.1) is 6.10 Å². The summed E-state index contributed by atoms with van der Waals surface area (Å²) < 4.78 is 33.6. The average Bonchev–Trinajstić information content (AvgIpc) is 3.14. The minimum absolute atomic E-state index is 0.0818. The Hall–Kier alpha value is -5.44. The molecule has 2 fully saturated rings. The van der Waals surface area contributed by atoms with Crippen molar-refractivity contribution in [1.82, 2.24) is 0 Å². The van der Waals surface area contributed by atoms with Gasteiger partial charge in [-0.25, -0.2) is 4.79 Å². The monoisotopic (exact) mass is 756 g/mol. The first-order valence-electron chi connectivity index (χ1n) is 16.3. The van der Waals surface area contributed by atoms with Crippen LogP contribution in [0.3, 0.4) is 0 Å². The molecule has 1 aromatic heterocycles. The molecule has 3 heterocycles. The lowest BCUT2D eigenvalue weighted by molar-refractivity contribution is -0.350. The molecule has 4 aromatic rings.